The Bertz CT molecular complexity index is 1800. The van der Waals surface area contributed by atoms with E-state index in [2.05, 4.69) is 34.7 Å². The van der Waals surface area contributed by atoms with Crippen LogP contribution in [0.4, 0.5) is 16.2 Å². The highest BCUT2D eigenvalue weighted by molar-refractivity contribution is 7.21. The highest BCUT2D eigenvalue weighted by atomic mass is 32.1. The summed E-state index contributed by atoms with van der Waals surface area (Å²) in [7, 11) is 0. The van der Waals surface area contributed by atoms with Gasteiger partial charge in [-0.1, -0.05) is 18.7 Å². The average molecular weight is 612 g/mol. The first-order valence-corrected chi connectivity index (χ1v) is 15.8. The van der Waals surface area contributed by atoms with E-state index in [0.717, 1.165) is 56.3 Å². The molecule has 2 aromatic heterocycles. The Hall–Kier alpha value is -4.44. The summed E-state index contributed by atoms with van der Waals surface area (Å²) in [4.78, 5) is 45.3. The molecule has 10 heteroatoms. The number of nitrogens with zero attached hydrogens (tertiary/aromatic N) is 2. The van der Waals surface area contributed by atoms with Crippen LogP contribution in [-0.2, 0) is 9.53 Å². The fraction of sp³-hybridized carbons (Fsp3) is 0.353. The van der Waals surface area contributed by atoms with Crippen LogP contribution < -0.4 is 16.0 Å². The van der Waals surface area contributed by atoms with Crippen molar-refractivity contribution in [1.82, 2.24) is 15.2 Å². The molecule has 2 aliphatic rings. The van der Waals surface area contributed by atoms with Gasteiger partial charge in [0.05, 0.1) is 16.9 Å². The molecule has 6 rings (SSSR count). The molecule has 1 atom stereocenters. The van der Waals surface area contributed by atoms with Gasteiger partial charge in [-0.3, -0.25) is 9.59 Å². The standard InChI is InChI=1S/C34H37N5O4S/c1-6-28(40)38-26-17-21(7-8-22(26)20-13-15-39(16-14-20)33(42)43-34(3,4)5)24-10-9-23-25(37-24)11-12-27-29(23)30-31(44-27)32(41)36-19(2)18-35-30/h6-12,17,19-20,35H,1,13-16,18H2,2-5H3,(H,36,41)(H,38,40)/t19-/m1/s1. The number of carbonyl (C=O) groups excluding carboxylic acids is 3. The highest BCUT2D eigenvalue weighted by Gasteiger charge is 2.29. The Morgan fingerprint density at radius 1 is 1.14 bits per heavy atom. The van der Waals surface area contributed by atoms with Gasteiger partial charge in [0.25, 0.3) is 5.91 Å². The van der Waals surface area contributed by atoms with Crippen LogP contribution in [-0.4, -0.2) is 59.1 Å². The summed E-state index contributed by atoms with van der Waals surface area (Å²) in [5, 5.41) is 11.5. The number of thiophene rings is 1. The molecular formula is C34H37N5O4S. The Labute approximate surface area is 260 Å². The molecule has 0 spiro atoms. The number of hydrogen-bond donors (Lipinski definition) is 3. The molecule has 4 heterocycles. The lowest BCUT2D eigenvalue weighted by Crippen LogP contribution is -2.41. The normalized spacial score (nSPS) is 17.4. The summed E-state index contributed by atoms with van der Waals surface area (Å²) >= 11 is 1.49. The molecule has 0 aliphatic carbocycles. The number of carbonyl (C=O) groups is 3. The summed E-state index contributed by atoms with van der Waals surface area (Å²) in [6.45, 7) is 13.0. The van der Waals surface area contributed by atoms with Crippen molar-refractivity contribution in [3.05, 3.63) is 65.6 Å². The van der Waals surface area contributed by atoms with E-state index in [4.69, 9.17) is 9.72 Å². The molecule has 1 fully saturated rings. The molecule has 0 unspecified atom stereocenters. The second kappa shape index (κ2) is 11.6. The summed E-state index contributed by atoms with van der Waals surface area (Å²) < 4.78 is 6.59. The van der Waals surface area contributed by atoms with Gasteiger partial charge < -0.3 is 25.6 Å². The number of benzene rings is 2. The van der Waals surface area contributed by atoms with Crippen molar-refractivity contribution in [3.8, 4) is 11.3 Å². The number of ether oxygens (including phenoxy) is 1. The fourth-order valence-electron chi connectivity index (χ4n) is 5.95. The molecule has 3 N–H and O–H groups in total. The summed E-state index contributed by atoms with van der Waals surface area (Å²) in [5.74, 6) is -0.171. The predicted octanol–water partition coefficient (Wildman–Crippen LogP) is 6.90. The molecule has 4 aromatic rings. The van der Waals surface area contributed by atoms with Gasteiger partial charge >= 0.3 is 6.09 Å². The van der Waals surface area contributed by atoms with Crippen molar-refractivity contribution in [2.75, 3.05) is 30.3 Å². The minimum atomic E-state index is -0.538. The van der Waals surface area contributed by atoms with E-state index in [9.17, 15) is 14.4 Å². The van der Waals surface area contributed by atoms with Gasteiger partial charge in [-0.2, -0.15) is 0 Å². The van der Waals surface area contributed by atoms with Crippen LogP contribution in [0.3, 0.4) is 0 Å². The minimum Gasteiger partial charge on any atom is -0.444 e. The Morgan fingerprint density at radius 2 is 1.91 bits per heavy atom. The minimum absolute atomic E-state index is 0.0353. The topological polar surface area (TPSA) is 113 Å². The molecule has 9 nitrogen and oxygen atoms in total. The van der Waals surface area contributed by atoms with E-state index < -0.39 is 5.60 Å². The van der Waals surface area contributed by atoms with Crippen molar-refractivity contribution in [3.63, 3.8) is 0 Å². The Kier molecular flexibility index (Phi) is 7.79. The van der Waals surface area contributed by atoms with Crippen LogP contribution in [0.5, 0.6) is 0 Å². The summed E-state index contributed by atoms with van der Waals surface area (Å²) in [6.07, 6.45) is 2.49. The number of aromatic nitrogens is 1. The molecule has 0 radical (unpaired) electrons. The predicted molar refractivity (Wildman–Crippen MR) is 177 cm³/mol. The molecule has 1 saturated heterocycles. The van der Waals surface area contributed by atoms with Crippen molar-refractivity contribution in [2.45, 2.75) is 58.1 Å². The third-order valence-corrected chi connectivity index (χ3v) is 9.22. The SMILES string of the molecule is C=CC(=O)Nc1cc(-c2ccc3c(ccc4sc5c(c43)NC[C@@H](C)NC5=O)n2)ccc1C1CCN(C(=O)OC(C)(C)C)CC1. The molecule has 2 aromatic carbocycles. The van der Waals surface area contributed by atoms with E-state index in [1.807, 2.05) is 58.0 Å². The number of piperidine rings is 1. The van der Waals surface area contributed by atoms with Crippen molar-refractivity contribution in [1.29, 1.82) is 0 Å². The zero-order chi connectivity index (χ0) is 31.2. The number of pyridine rings is 1. The molecule has 0 saturated carbocycles. The van der Waals surface area contributed by atoms with Crippen LogP contribution in [0.2, 0.25) is 0 Å². The Morgan fingerprint density at radius 3 is 2.64 bits per heavy atom. The van der Waals surface area contributed by atoms with Crippen molar-refractivity contribution >= 4 is 61.6 Å². The summed E-state index contributed by atoms with van der Waals surface area (Å²) in [5.41, 5.74) is 4.54. The molecule has 3 amide bonds. The monoisotopic (exact) mass is 611 g/mol. The Balaban J connectivity index is 1.31. The van der Waals surface area contributed by atoms with Crippen LogP contribution in [0.25, 0.3) is 32.2 Å². The number of likely N-dealkylation sites (tertiary alicyclic amines) is 1. The molecule has 228 valence electrons. The fourth-order valence-corrected chi connectivity index (χ4v) is 7.05. The van der Waals surface area contributed by atoms with Gasteiger partial charge in [0.1, 0.15) is 10.5 Å². The van der Waals surface area contributed by atoms with E-state index in [1.54, 1.807) is 4.90 Å². The van der Waals surface area contributed by atoms with Crippen LogP contribution in [0.15, 0.2) is 55.1 Å². The van der Waals surface area contributed by atoms with Gasteiger partial charge in [0.2, 0.25) is 5.91 Å². The third kappa shape index (κ3) is 5.86. The largest absolute Gasteiger partial charge is 0.444 e. The number of fused-ring (bicyclic) bond motifs is 5. The molecule has 44 heavy (non-hydrogen) atoms. The van der Waals surface area contributed by atoms with E-state index in [0.29, 0.717) is 30.2 Å². The lowest BCUT2D eigenvalue weighted by molar-refractivity contribution is -0.111. The van der Waals surface area contributed by atoms with Crippen LogP contribution >= 0.6 is 11.3 Å². The number of rotatable bonds is 4. The maximum atomic E-state index is 12.8. The van der Waals surface area contributed by atoms with E-state index in [-0.39, 0.29) is 29.9 Å². The third-order valence-electron chi connectivity index (χ3n) is 8.07. The maximum absolute atomic E-state index is 12.8. The zero-order valence-electron chi connectivity index (χ0n) is 25.5. The first-order chi connectivity index (χ1) is 21.0. The van der Waals surface area contributed by atoms with Gasteiger partial charge in [0.15, 0.2) is 0 Å². The lowest BCUT2D eigenvalue weighted by atomic mass is 9.87. The van der Waals surface area contributed by atoms with E-state index in [1.165, 1.54) is 17.4 Å². The van der Waals surface area contributed by atoms with Gasteiger partial charge in [-0.25, -0.2) is 9.78 Å². The molecule has 2 aliphatic heterocycles. The van der Waals surface area contributed by atoms with Gasteiger partial charge in [0, 0.05) is 52.4 Å². The second-order valence-electron chi connectivity index (χ2n) is 12.5. The smallest absolute Gasteiger partial charge is 0.410 e. The molecule has 0 bridgehead atoms. The summed E-state index contributed by atoms with van der Waals surface area (Å²) in [6, 6.07) is 14.2. The lowest BCUT2D eigenvalue weighted by Gasteiger charge is -2.34. The zero-order valence-corrected chi connectivity index (χ0v) is 26.3. The molecular weight excluding hydrogens is 574 g/mol. The van der Waals surface area contributed by atoms with E-state index >= 15 is 0 Å². The highest BCUT2D eigenvalue weighted by Crippen LogP contribution is 2.42. The van der Waals surface area contributed by atoms with Gasteiger partial charge in [-0.15, -0.1) is 11.3 Å². The first kappa shape index (κ1) is 29.6. The van der Waals surface area contributed by atoms with Crippen molar-refractivity contribution < 1.29 is 19.1 Å². The number of hydrogen-bond acceptors (Lipinski definition) is 7. The van der Waals surface area contributed by atoms with Crippen LogP contribution in [0.1, 0.15) is 61.7 Å². The maximum Gasteiger partial charge on any atom is 0.410 e. The number of anilines is 2. The second-order valence-corrected chi connectivity index (χ2v) is 13.6. The van der Waals surface area contributed by atoms with Gasteiger partial charge in [-0.05, 0) is 88.4 Å². The number of amides is 3. The number of nitrogens with one attached hydrogen (secondary N) is 3. The quantitative estimate of drug-likeness (QED) is 0.217. The first-order valence-electron chi connectivity index (χ1n) is 15.0. The van der Waals surface area contributed by atoms with Crippen molar-refractivity contribution in [2.24, 2.45) is 0 Å². The average Bonchev–Trinajstić information content (AvgIpc) is 3.31. The van der Waals surface area contributed by atoms with Crippen LogP contribution in [0, 0.1) is 0 Å².